The lowest BCUT2D eigenvalue weighted by Gasteiger charge is -2.40. The van der Waals surface area contributed by atoms with Gasteiger partial charge in [-0.05, 0) is 37.3 Å². The number of benzene rings is 1. The minimum Gasteiger partial charge on any atom is -0.399 e. The molecule has 0 unspecified atom stereocenters. The number of nitrogens with two attached hydrogens (primary N) is 1. The lowest BCUT2D eigenvalue weighted by Crippen LogP contribution is -2.45. The van der Waals surface area contributed by atoms with Gasteiger partial charge in [0, 0.05) is 34.1 Å². The molecule has 0 radical (unpaired) electrons. The molecule has 1 heterocycles. The molecule has 1 aliphatic rings. The summed E-state index contributed by atoms with van der Waals surface area (Å²) < 4.78 is 0.251. The average Bonchev–Trinajstić information content (AvgIpc) is 2.80. The molecule has 5 heteroatoms. The lowest BCUT2D eigenvalue weighted by atomic mass is 9.84. The van der Waals surface area contributed by atoms with Gasteiger partial charge in [0.15, 0.2) is 0 Å². The third-order valence-corrected chi connectivity index (χ3v) is 5.64. The molecule has 1 aromatic heterocycles. The first-order valence-electron chi connectivity index (χ1n) is 6.83. The third kappa shape index (κ3) is 2.26. The molecular formula is C15H19N3OS. The Morgan fingerprint density at radius 1 is 1.50 bits per heavy atom. The number of rotatable bonds is 4. The van der Waals surface area contributed by atoms with Crippen LogP contribution in [0.3, 0.4) is 0 Å². The van der Waals surface area contributed by atoms with Gasteiger partial charge in [-0.3, -0.25) is 4.79 Å². The number of hydrogen-bond acceptors (Lipinski definition) is 3. The highest BCUT2D eigenvalue weighted by atomic mass is 32.2. The van der Waals surface area contributed by atoms with E-state index >= 15 is 0 Å². The van der Waals surface area contributed by atoms with Gasteiger partial charge in [0.25, 0.3) is 5.91 Å². The third-order valence-electron chi connectivity index (χ3n) is 4.22. The number of carbonyl (C=O) groups is 1. The molecule has 0 spiro atoms. The van der Waals surface area contributed by atoms with Gasteiger partial charge < -0.3 is 16.0 Å². The average molecular weight is 289 g/mol. The van der Waals surface area contributed by atoms with Crippen LogP contribution >= 0.6 is 11.8 Å². The predicted octanol–water partition coefficient (Wildman–Crippen LogP) is 2.77. The van der Waals surface area contributed by atoms with Crippen LogP contribution in [0.2, 0.25) is 0 Å². The summed E-state index contributed by atoms with van der Waals surface area (Å²) in [4.78, 5) is 15.5. The molecule has 20 heavy (non-hydrogen) atoms. The number of fused-ring (bicyclic) bond motifs is 1. The van der Waals surface area contributed by atoms with Gasteiger partial charge in [-0.1, -0.05) is 6.42 Å². The molecule has 1 saturated carbocycles. The minimum atomic E-state index is -0.0258. The second kappa shape index (κ2) is 5.05. The van der Waals surface area contributed by atoms with Gasteiger partial charge in [0.2, 0.25) is 0 Å². The molecule has 0 bridgehead atoms. The summed E-state index contributed by atoms with van der Waals surface area (Å²) in [5.41, 5.74) is 8.08. The summed E-state index contributed by atoms with van der Waals surface area (Å²) in [6, 6.07) is 5.57. The Bertz CT molecular complexity index is 640. The number of nitrogen functional groups attached to an aromatic ring is 1. The van der Waals surface area contributed by atoms with E-state index in [9.17, 15) is 4.79 Å². The first kappa shape index (κ1) is 13.4. The summed E-state index contributed by atoms with van der Waals surface area (Å²) in [5, 5.41) is 3.95. The van der Waals surface area contributed by atoms with E-state index in [4.69, 9.17) is 5.73 Å². The predicted molar refractivity (Wildman–Crippen MR) is 85.1 cm³/mol. The van der Waals surface area contributed by atoms with Crippen LogP contribution in [-0.2, 0) is 0 Å². The molecule has 0 atom stereocenters. The number of nitrogens with one attached hydrogen (secondary N) is 2. The first-order valence-corrected chi connectivity index (χ1v) is 8.06. The van der Waals surface area contributed by atoms with E-state index in [1.54, 1.807) is 6.20 Å². The molecule has 1 aromatic carbocycles. The SMILES string of the molecule is CSC1(CNC(=O)c2c[nH]c3ccc(N)cc23)CCC1. The first-order chi connectivity index (χ1) is 9.63. The molecule has 0 aliphatic heterocycles. The summed E-state index contributed by atoms with van der Waals surface area (Å²) in [6.07, 6.45) is 7.52. The fourth-order valence-electron chi connectivity index (χ4n) is 2.69. The highest BCUT2D eigenvalue weighted by Gasteiger charge is 2.36. The molecule has 4 N–H and O–H groups in total. The number of carbonyl (C=O) groups excluding carboxylic acids is 1. The van der Waals surface area contributed by atoms with Crippen LogP contribution in [0.4, 0.5) is 5.69 Å². The Kier molecular flexibility index (Phi) is 3.38. The van der Waals surface area contributed by atoms with E-state index in [0.717, 1.165) is 17.4 Å². The Balaban J connectivity index is 1.77. The van der Waals surface area contributed by atoms with Crippen molar-refractivity contribution in [2.24, 2.45) is 0 Å². The van der Waals surface area contributed by atoms with Crippen LogP contribution < -0.4 is 11.1 Å². The number of aromatic nitrogens is 1. The van der Waals surface area contributed by atoms with E-state index in [0.29, 0.717) is 11.3 Å². The smallest absolute Gasteiger partial charge is 0.253 e. The number of hydrogen-bond donors (Lipinski definition) is 3. The van der Waals surface area contributed by atoms with Crippen molar-refractivity contribution in [2.45, 2.75) is 24.0 Å². The molecule has 1 aliphatic carbocycles. The normalized spacial score (nSPS) is 16.9. The van der Waals surface area contributed by atoms with E-state index in [2.05, 4.69) is 16.6 Å². The summed E-state index contributed by atoms with van der Waals surface area (Å²) in [7, 11) is 0. The number of thioether (sulfide) groups is 1. The van der Waals surface area contributed by atoms with Crippen molar-refractivity contribution < 1.29 is 4.79 Å². The van der Waals surface area contributed by atoms with Crippen molar-refractivity contribution in [3.05, 3.63) is 30.0 Å². The molecule has 0 saturated heterocycles. The highest BCUT2D eigenvalue weighted by molar-refractivity contribution is 8.00. The largest absolute Gasteiger partial charge is 0.399 e. The number of H-pyrrole nitrogens is 1. The van der Waals surface area contributed by atoms with Crippen LogP contribution in [0.25, 0.3) is 10.9 Å². The highest BCUT2D eigenvalue weighted by Crippen LogP contribution is 2.42. The Hall–Kier alpha value is -1.62. The van der Waals surface area contributed by atoms with Gasteiger partial charge in [-0.15, -0.1) is 0 Å². The van der Waals surface area contributed by atoms with Gasteiger partial charge in [-0.25, -0.2) is 0 Å². The molecule has 4 nitrogen and oxygen atoms in total. The topological polar surface area (TPSA) is 70.9 Å². The molecule has 1 fully saturated rings. The van der Waals surface area contributed by atoms with Gasteiger partial charge in [0.05, 0.1) is 5.56 Å². The standard InChI is InChI=1S/C15H19N3OS/c1-20-15(5-2-6-15)9-18-14(19)12-8-17-13-4-3-10(16)7-11(12)13/h3-4,7-8,17H,2,5-6,9,16H2,1H3,(H,18,19). The van der Waals surface area contributed by atoms with Crippen molar-refractivity contribution >= 4 is 34.3 Å². The fourth-order valence-corrected chi connectivity index (χ4v) is 3.60. The van der Waals surface area contributed by atoms with Crippen molar-refractivity contribution in [3.63, 3.8) is 0 Å². The second-order valence-corrected chi connectivity index (χ2v) is 6.71. The monoisotopic (exact) mass is 289 g/mol. The number of amides is 1. The molecule has 2 aromatic rings. The Labute approximate surface area is 122 Å². The molecule has 1 amide bonds. The van der Waals surface area contributed by atoms with Crippen LogP contribution in [0.5, 0.6) is 0 Å². The zero-order valence-electron chi connectivity index (χ0n) is 11.5. The quantitative estimate of drug-likeness (QED) is 0.758. The molecular weight excluding hydrogens is 270 g/mol. The lowest BCUT2D eigenvalue weighted by molar-refractivity contribution is 0.0945. The maximum Gasteiger partial charge on any atom is 0.253 e. The number of aromatic amines is 1. The van der Waals surface area contributed by atoms with E-state index in [-0.39, 0.29) is 10.7 Å². The van der Waals surface area contributed by atoms with Crippen LogP contribution in [0.15, 0.2) is 24.4 Å². The van der Waals surface area contributed by atoms with E-state index in [1.165, 1.54) is 19.3 Å². The summed E-state index contributed by atoms with van der Waals surface area (Å²) in [6.45, 7) is 0.738. The molecule has 106 valence electrons. The zero-order valence-corrected chi connectivity index (χ0v) is 12.3. The van der Waals surface area contributed by atoms with Crippen molar-refractivity contribution in [1.82, 2.24) is 10.3 Å². The van der Waals surface area contributed by atoms with Crippen LogP contribution in [-0.4, -0.2) is 28.4 Å². The summed E-state index contributed by atoms with van der Waals surface area (Å²) in [5.74, 6) is -0.0258. The second-order valence-electron chi connectivity index (χ2n) is 5.43. The zero-order chi connectivity index (χ0) is 14.2. The van der Waals surface area contributed by atoms with Gasteiger partial charge in [0.1, 0.15) is 0 Å². The van der Waals surface area contributed by atoms with E-state index in [1.807, 2.05) is 30.0 Å². The fraction of sp³-hybridized carbons (Fsp3) is 0.400. The Morgan fingerprint density at radius 3 is 2.95 bits per heavy atom. The van der Waals surface area contributed by atoms with Gasteiger partial charge in [-0.2, -0.15) is 11.8 Å². The molecule has 3 rings (SSSR count). The van der Waals surface area contributed by atoms with E-state index < -0.39 is 0 Å². The van der Waals surface area contributed by atoms with Crippen molar-refractivity contribution in [3.8, 4) is 0 Å². The minimum absolute atomic E-state index is 0.0258. The Morgan fingerprint density at radius 2 is 2.30 bits per heavy atom. The van der Waals surface area contributed by atoms with Crippen molar-refractivity contribution in [1.29, 1.82) is 0 Å². The van der Waals surface area contributed by atoms with Crippen LogP contribution in [0.1, 0.15) is 29.6 Å². The summed E-state index contributed by atoms with van der Waals surface area (Å²) >= 11 is 1.86. The van der Waals surface area contributed by atoms with Gasteiger partial charge >= 0.3 is 0 Å². The maximum absolute atomic E-state index is 12.4. The van der Waals surface area contributed by atoms with Crippen molar-refractivity contribution in [2.75, 3.05) is 18.5 Å². The maximum atomic E-state index is 12.4. The number of anilines is 1. The van der Waals surface area contributed by atoms with Crippen LogP contribution in [0, 0.1) is 0 Å².